The van der Waals surface area contributed by atoms with Crippen molar-refractivity contribution in [3.63, 3.8) is 0 Å². The van der Waals surface area contributed by atoms with Crippen molar-refractivity contribution in [2.24, 2.45) is 5.73 Å². The second kappa shape index (κ2) is 6.78. The molecule has 21 heavy (non-hydrogen) atoms. The summed E-state index contributed by atoms with van der Waals surface area (Å²) in [5.74, 6) is -1.74. The molecule has 0 heterocycles. The molecule has 1 atom stereocenters. The second-order valence-corrected chi connectivity index (χ2v) is 4.44. The van der Waals surface area contributed by atoms with E-state index in [-0.39, 0.29) is 5.56 Å². The maximum Gasteiger partial charge on any atom is 0.345 e. The highest BCUT2D eigenvalue weighted by atomic mass is 16.6. The molecule has 0 aliphatic heterocycles. The molecule has 2 aromatic rings. The van der Waals surface area contributed by atoms with E-state index in [0.29, 0.717) is 0 Å². The summed E-state index contributed by atoms with van der Waals surface area (Å²) in [6.07, 6.45) is 0. The van der Waals surface area contributed by atoms with Gasteiger partial charge in [0.1, 0.15) is 6.04 Å². The Morgan fingerprint density at radius 1 is 1.00 bits per heavy atom. The van der Waals surface area contributed by atoms with E-state index in [9.17, 15) is 9.59 Å². The fraction of sp³-hybridized carbons (Fsp3) is 0.125. The fourth-order valence-electron chi connectivity index (χ4n) is 1.73. The molecule has 0 aromatic heterocycles. The summed E-state index contributed by atoms with van der Waals surface area (Å²) in [5.41, 5.74) is 7.48. The predicted octanol–water partition coefficient (Wildman–Crippen LogP) is 1.36. The molecule has 5 nitrogen and oxygen atoms in total. The van der Waals surface area contributed by atoms with E-state index in [1.165, 1.54) is 0 Å². The minimum absolute atomic E-state index is 0.244. The number of aliphatic hydroxyl groups excluding tert-OH is 1. The molecule has 0 saturated carbocycles. The summed E-state index contributed by atoms with van der Waals surface area (Å²) in [7, 11) is 0. The molecule has 108 valence electrons. The van der Waals surface area contributed by atoms with Gasteiger partial charge >= 0.3 is 11.9 Å². The Bertz CT molecular complexity index is 622. The molecule has 2 aromatic carbocycles. The highest BCUT2D eigenvalue weighted by Crippen LogP contribution is 2.19. The van der Waals surface area contributed by atoms with Crippen molar-refractivity contribution in [1.82, 2.24) is 0 Å². The van der Waals surface area contributed by atoms with Crippen molar-refractivity contribution in [3.05, 3.63) is 60.2 Å². The molecule has 0 bridgehead atoms. The number of ether oxygens (including phenoxy) is 1. The van der Waals surface area contributed by atoms with Crippen LogP contribution in [0.25, 0.3) is 11.1 Å². The number of aliphatic hydroxyl groups is 1. The summed E-state index contributed by atoms with van der Waals surface area (Å²) in [4.78, 5) is 23.1. The minimum atomic E-state index is -1.21. The molecule has 5 heteroatoms. The standard InChI is InChI=1S/C16H15NO4/c17-14(10-18)16(20)21-15(19)13-8-6-12(7-9-13)11-4-2-1-3-5-11/h1-9,14,18H,10,17H2/t14-/m0/s1. The lowest BCUT2D eigenvalue weighted by Gasteiger charge is -2.07. The SMILES string of the molecule is N[C@@H](CO)C(=O)OC(=O)c1ccc(-c2ccccc2)cc1. The van der Waals surface area contributed by atoms with E-state index < -0.39 is 24.6 Å². The van der Waals surface area contributed by atoms with E-state index in [0.717, 1.165) is 11.1 Å². The van der Waals surface area contributed by atoms with Gasteiger partial charge in [-0.1, -0.05) is 42.5 Å². The zero-order valence-corrected chi connectivity index (χ0v) is 11.2. The van der Waals surface area contributed by atoms with Gasteiger partial charge < -0.3 is 15.6 Å². The van der Waals surface area contributed by atoms with Crippen LogP contribution < -0.4 is 5.73 Å². The third-order valence-corrected chi connectivity index (χ3v) is 2.92. The largest absolute Gasteiger partial charge is 0.394 e. The molecular formula is C16H15NO4. The third kappa shape index (κ3) is 3.75. The van der Waals surface area contributed by atoms with Gasteiger partial charge in [-0.3, -0.25) is 0 Å². The average molecular weight is 285 g/mol. The molecule has 3 N–H and O–H groups in total. The molecular weight excluding hydrogens is 270 g/mol. The molecule has 0 fully saturated rings. The maximum atomic E-state index is 11.7. The Labute approximate surface area is 122 Å². The van der Waals surface area contributed by atoms with Crippen LogP contribution in [0.5, 0.6) is 0 Å². The molecule has 0 aliphatic rings. The number of esters is 2. The number of nitrogens with two attached hydrogens (primary N) is 1. The van der Waals surface area contributed by atoms with Crippen molar-refractivity contribution in [2.75, 3.05) is 6.61 Å². The molecule has 0 radical (unpaired) electrons. The van der Waals surface area contributed by atoms with Crippen molar-refractivity contribution in [3.8, 4) is 11.1 Å². The number of carbonyl (C=O) groups is 2. The van der Waals surface area contributed by atoms with Gasteiger partial charge in [0, 0.05) is 0 Å². The molecule has 0 unspecified atom stereocenters. The van der Waals surface area contributed by atoms with E-state index in [4.69, 9.17) is 10.8 Å². The zero-order chi connectivity index (χ0) is 15.2. The summed E-state index contributed by atoms with van der Waals surface area (Å²) < 4.78 is 4.57. The number of carbonyl (C=O) groups excluding carboxylic acids is 2. The smallest absolute Gasteiger partial charge is 0.345 e. The molecule has 0 spiro atoms. The topological polar surface area (TPSA) is 89.6 Å². The summed E-state index contributed by atoms with van der Waals surface area (Å²) in [6.45, 7) is -0.570. The lowest BCUT2D eigenvalue weighted by Crippen LogP contribution is -2.36. The Hall–Kier alpha value is -2.50. The Kier molecular flexibility index (Phi) is 4.81. The van der Waals surface area contributed by atoms with Crippen LogP contribution in [-0.2, 0) is 9.53 Å². The summed E-state index contributed by atoms with van der Waals surface area (Å²) in [6, 6.07) is 15.1. The van der Waals surface area contributed by atoms with Crippen LogP contribution in [0, 0.1) is 0 Å². The van der Waals surface area contributed by atoms with Crippen LogP contribution in [0.4, 0.5) is 0 Å². The van der Waals surface area contributed by atoms with Gasteiger partial charge in [0.15, 0.2) is 0 Å². The Balaban J connectivity index is 2.09. The van der Waals surface area contributed by atoms with Crippen LogP contribution in [0.1, 0.15) is 10.4 Å². The van der Waals surface area contributed by atoms with Crippen LogP contribution in [0.15, 0.2) is 54.6 Å². The fourth-order valence-corrected chi connectivity index (χ4v) is 1.73. The van der Waals surface area contributed by atoms with Gasteiger partial charge in [-0.05, 0) is 23.3 Å². The minimum Gasteiger partial charge on any atom is -0.394 e. The third-order valence-electron chi connectivity index (χ3n) is 2.92. The Morgan fingerprint density at radius 3 is 2.14 bits per heavy atom. The number of rotatable bonds is 4. The normalized spacial score (nSPS) is 11.7. The summed E-state index contributed by atoms with van der Waals surface area (Å²) in [5, 5.41) is 8.71. The summed E-state index contributed by atoms with van der Waals surface area (Å²) >= 11 is 0. The molecule has 0 amide bonds. The predicted molar refractivity (Wildman–Crippen MR) is 77.4 cm³/mol. The van der Waals surface area contributed by atoms with Gasteiger partial charge in [0.2, 0.25) is 0 Å². The van der Waals surface area contributed by atoms with Gasteiger partial charge in [0.05, 0.1) is 12.2 Å². The van der Waals surface area contributed by atoms with Crippen molar-refractivity contribution < 1.29 is 19.4 Å². The van der Waals surface area contributed by atoms with Gasteiger partial charge in [-0.25, -0.2) is 9.59 Å². The first-order valence-electron chi connectivity index (χ1n) is 6.40. The first-order chi connectivity index (χ1) is 10.1. The Morgan fingerprint density at radius 2 is 1.57 bits per heavy atom. The second-order valence-electron chi connectivity index (χ2n) is 4.44. The lowest BCUT2D eigenvalue weighted by atomic mass is 10.0. The highest BCUT2D eigenvalue weighted by Gasteiger charge is 2.19. The average Bonchev–Trinajstić information content (AvgIpc) is 2.55. The molecule has 2 rings (SSSR count). The van der Waals surface area contributed by atoms with Crippen molar-refractivity contribution >= 4 is 11.9 Å². The monoisotopic (exact) mass is 285 g/mol. The highest BCUT2D eigenvalue weighted by molar-refractivity contribution is 5.98. The van der Waals surface area contributed by atoms with E-state index in [1.54, 1.807) is 24.3 Å². The van der Waals surface area contributed by atoms with Gasteiger partial charge in [-0.15, -0.1) is 0 Å². The quantitative estimate of drug-likeness (QED) is 0.654. The van der Waals surface area contributed by atoms with Crippen molar-refractivity contribution in [2.45, 2.75) is 6.04 Å². The molecule has 0 aliphatic carbocycles. The number of hydrogen-bond donors (Lipinski definition) is 2. The van der Waals surface area contributed by atoms with E-state index >= 15 is 0 Å². The van der Waals surface area contributed by atoms with Gasteiger partial charge in [-0.2, -0.15) is 0 Å². The van der Waals surface area contributed by atoms with Crippen LogP contribution in [0.2, 0.25) is 0 Å². The number of hydrogen-bond acceptors (Lipinski definition) is 5. The first-order valence-corrected chi connectivity index (χ1v) is 6.40. The number of benzene rings is 2. The molecule has 0 saturated heterocycles. The van der Waals surface area contributed by atoms with Gasteiger partial charge in [0.25, 0.3) is 0 Å². The first kappa shape index (κ1) is 14.9. The lowest BCUT2D eigenvalue weighted by molar-refractivity contribution is -0.140. The maximum absolute atomic E-state index is 11.7. The van der Waals surface area contributed by atoms with Crippen LogP contribution in [0.3, 0.4) is 0 Å². The van der Waals surface area contributed by atoms with E-state index in [1.807, 2.05) is 30.3 Å². The van der Waals surface area contributed by atoms with E-state index in [2.05, 4.69) is 4.74 Å². The van der Waals surface area contributed by atoms with Crippen LogP contribution >= 0.6 is 0 Å². The van der Waals surface area contributed by atoms with Crippen LogP contribution in [-0.4, -0.2) is 29.7 Å². The van der Waals surface area contributed by atoms with Crippen molar-refractivity contribution in [1.29, 1.82) is 0 Å². The zero-order valence-electron chi connectivity index (χ0n) is 11.2.